The number of nitrogens with one attached hydrogen (secondary N) is 1. The molecule has 0 saturated heterocycles. The number of rotatable bonds is 7. The van der Waals surface area contributed by atoms with E-state index in [1.165, 1.54) is 20.3 Å². The molecular formula is C12H20BrClN2O4S. The van der Waals surface area contributed by atoms with Gasteiger partial charge in [0.25, 0.3) is 0 Å². The predicted molar refractivity (Wildman–Crippen MR) is 87.9 cm³/mol. The topological polar surface area (TPSA) is 90.7 Å². The van der Waals surface area contributed by atoms with E-state index in [1.807, 2.05) is 6.92 Å². The van der Waals surface area contributed by atoms with Crippen molar-refractivity contribution in [2.24, 2.45) is 5.73 Å². The van der Waals surface area contributed by atoms with Gasteiger partial charge in [0.15, 0.2) is 0 Å². The lowest BCUT2D eigenvalue weighted by molar-refractivity contribution is 0.390. The first kappa shape index (κ1) is 20.5. The first-order chi connectivity index (χ1) is 9.31. The van der Waals surface area contributed by atoms with E-state index < -0.39 is 10.0 Å². The molecule has 1 unspecified atom stereocenters. The van der Waals surface area contributed by atoms with E-state index in [0.717, 1.165) is 0 Å². The van der Waals surface area contributed by atoms with Crippen LogP contribution in [0.4, 0.5) is 0 Å². The van der Waals surface area contributed by atoms with Crippen LogP contribution < -0.4 is 19.9 Å². The van der Waals surface area contributed by atoms with Crippen LogP contribution in [-0.2, 0) is 10.0 Å². The molecule has 0 aliphatic carbocycles. The molecule has 0 aromatic heterocycles. The molecular weight excluding hydrogens is 384 g/mol. The Balaban J connectivity index is 0.00000400. The number of methoxy groups -OCH3 is 2. The fourth-order valence-electron chi connectivity index (χ4n) is 1.54. The molecule has 0 spiro atoms. The van der Waals surface area contributed by atoms with Gasteiger partial charge in [0.2, 0.25) is 10.0 Å². The summed E-state index contributed by atoms with van der Waals surface area (Å²) < 4.78 is 37.9. The summed E-state index contributed by atoms with van der Waals surface area (Å²) in [4.78, 5) is 0.0322. The second kappa shape index (κ2) is 8.79. The molecule has 0 aliphatic heterocycles. The zero-order valence-corrected chi connectivity index (χ0v) is 15.3. The maximum atomic E-state index is 12.3. The maximum Gasteiger partial charge on any atom is 0.244 e. The molecule has 0 aliphatic rings. The predicted octanol–water partition coefficient (Wildman–Crippen LogP) is 1.90. The number of halogens is 2. The third-order valence-electron chi connectivity index (χ3n) is 2.62. The molecule has 0 bridgehead atoms. The van der Waals surface area contributed by atoms with Gasteiger partial charge in [-0.2, -0.15) is 0 Å². The van der Waals surface area contributed by atoms with Crippen LogP contribution in [0.25, 0.3) is 0 Å². The van der Waals surface area contributed by atoms with Gasteiger partial charge >= 0.3 is 0 Å². The van der Waals surface area contributed by atoms with Crippen LogP contribution in [0.15, 0.2) is 21.5 Å². The van der Waals surface area contributed by atoms with Gasteiger partial charge in [-0.05, 0) is 35.3 Å². The summed E-state index contributed by atoms with van der Waals surface area (Å²) >= 11 is 3.28. The minimum Gasteiger partial charge on any atom is -0.496 e. The lowest BCUT2D eigenvalue weighted by atomic mass is 10.3. The van der Waals surface area contributed by atoms with E-state index in [0.29, 0.717) is 16.6 Å². The summed E-state index contributed by atoms with van der Waals surface area (Å²) in [5, 5.41) is 0. The first-order valence-corrected chi connectivity index (χ1v) is 8.26. The molecule has 6 nitrogen and oxygen atoms in total. The van der Waals surface area contributed by atoms with Gasteiger partial charge in [-0.3, -0.25) is 0 Å². The third-order valence-corrected chi connectivity index (χ3v) is 4.72. The molecule has 1 rings (SSSR count). The van der Waals surface area contributed by atoms with Crippen molar-refractivity contribution in [2.45, 2.75) is 24.3 Å². The number of ether oxygens (including phenoxy) is 2. The van der Waals surface area contributed by atoms with Crippen LogP contribution in [-0.4, -0.2) is 35.2 Å². The van der Waals surface area contributed by atoms with E-state index in [9.17, 15) is 8.42 Å². The van der Waals surface area contributed by atoms with Gasteiger partial charge in [-0.25, -0.2) is 13.1 Å². The molecule has 0 heterocycles. The van der Waals surface area contributed by atoms with E-state index in [2.05, 4.69) is 20.7 Å². The molecule has 122 valence electrons. The number of nitrogens with two attached hydrogens (primary N) is 1. The molecule has 0 radical (unpaired) electrons. The SMILES string of the molecule is COc1cc(S(=O)(=O)NCCC(C)N)c(OC)cc1Br.Cl. The first-order valence-electron chi connectivity index (χ1n) is 5.98. The standard InChI is InChI=1S/C12H19BrN2O4S.ClH/c1-8(14)4-5-15-20(16,17)12-7-10(18-2)9(13)6-11(12)19-3;/h6-8,15H,4-5,14H2,1-3H3;1H. The Bertz CT molecular complexity index is 567. The van der Waals surface area contributed by atoms with Gasteiger partial charge in [0, 0.05) is 18.7 Å². The molecule has 0 fully saturated rings. The third kappa shape index (κ3) is 5.63. The van der Waals surface area contributed by atoms with Crippen LogP contribution in [0.3, 0.4) is 0 Å². The van der Waals surface area contributed by atoms with Gasteiger partial charge in [0.05, 0.1) is 18.7 Å². The highest BCUT2D eigenvalue weighted by Gasteiger charge is 2.21. The summed E-state index contributed by atoms with van der Waals surface area (Å²) in [7, 11) is -0.803. The van der Waals surface area contributed by atoms with Gasteiger partial charge in [0.1, 0.15) is 16.4 Å². The van der Waals surface area contributed by atoms with E-state index in [1.54, 1.807) is 6.07 Å². The zero-order chi connectivity index (χ0) is 15.3. The quantitative estimate of drug-likeness (QED) is 0.725. The van der Waals surface area contributed by atoms with Gasteiger partial charge in [-0.1, -0.05) is 0 Å². The van der Waals surface area contributed by atoms with Crippen molar-refractivity contribution >= 4 is 38.4 Å². The van der Waals surface area contributed by atoms with Crippen molar-refractivity contribution in [3.8, 4) is 11.5 Å². The monoisotopic (exact) mass is 402 g/mol. The van der Waals surface area contributed by atoms with Crippen LogP contribution in [0.5, 0.6) is 11.5 Å². The second-order valence-electron chi connectivity index (χ2n) is 4.30. The number of hydrogen-bond acceptors (Lipinski definition) is 5. The molecule has 9 heteroatoms. The van der Waals surface area contributed by atoms with E-state index in [-0.39, 0.29) is 35.6 Å². The highest BCUT2D eigenvalue weighted by atomic mass is 79.9. The molecule has 3 N–H and O–H groups in total. The molecule has 21 heavy (non-hydrogen) atoms. The molecule has 1 atom stereocenters. The normalized spacial score (nSPS) is 12.4. The molecule has 1 aromatic carbocycles. The van der Waals surface area contributed by atoms with Crippen molar-refractivity contribution in [3.05, 3.63) is 16.6 Å². The van der Waals surface area contributed by atoms with E-state index in [4.69, 9.17) is 15.2 Å². The van der Waals surface area contributed by atoms with Crippen molar-refractivity contribution in [1.29, 1.82) is 0 Å². The lowest BCUT2D eigenvalue weighted by Crippen LogP contribution is -2.29. The molecule has 0 saturated carbocycles. The number of hydrogen-bond donors (Lipinski definition) is 2. The number of sulfonamides is 1. The Morgan fingerprint density at radius 3 is 2.33 bits per heavy atom. The van der Waals surface area contributed by atoms with Crippen LogP contribution in [0, 0.1) is 0 Å². The molecule has 0 amide bonds. The van der Waals surface area contributed by atoms with Gasteiger partial charge in [-0.15, -0.1) is 12.4 Å². The average Bonchev–Trinajstić information content (AvgIpc) is 2.37. The summed E-state index contributed by atoms with van der Waals surface area (Å²) in [6.45, 7) is 2.08. The van der Waals surface area contributed by atoms with Crippen molar-refractivity contribution in [2.75, 3.05) is 20.8 Å². The number of benzene rings is 1. The highest BCUT2D eigenvalue weighted by molar-refractivity contribution is 9.10. The molecule has 1 aromatic rings. The van der Waals surface area contributed by atoms with Crippen molar-refractivity contribution in [3.63, 3.8) is 0 Å². The minimum atomic E-state index is -3.68. The zero-order valence-electron chi connectivity index (χ0n) is 12.1. The van der Waals surface area contributed by atoms with Crippen LogP contribution >= 0.6 is 28.3 Å². The Kier molecular flexibility index (Phi) is 8.57. The maximum absolute atomic E-state index is 12.3. The van der Waals surface area contributed by atoms with Gasteiger partial charge < -0.3 is 15.2 Å². The Morgan fingerprint density at radius 2 is 1.86 bits per heavy atom. The van der Waals surface area contributed by atoms with E-state index >= 15 is 0 Å². The van der Waals surface area contributed by atoms with Crippen molar-refractivity contribution in [1.82, 2.24) is 4.72 Å². The summed E-state index contributed by atoms with van der Waals surface area (Å²) in [6, 6.07) is 2.90. The minimum absolute atomic E-state index is 0. The Hall–Kier alpha value is -0.540. The second-order valence-corrected chi connectivity index (χ2v) is 6.89. The summed E-state index contributed by atoms with van der Waals surface area (Å²) in [5.41, 5.74) is 5.60. The van der Waals surface area contributed by atoms with Crippen molar-refractivity contribution < 1.29 is 17.9 Å². The average molecular weight is 404 g/mol. The largest absolute Gasteiger partial charge is 0.496 e. The van der Waals surface area contributed by atoms with Crippen LogP contribution in [0.1, 0.15) is 13.3 Å². The van der Waals surface area contributed by atoms with Crippen LogP contribution in [0.2, 0.25) is 0 Å². The Labute approximate surface area is 140 Å². The summed E-state index contributed by atoms with van der Waals surface area (Å²) in [5.74, 6) is 0.657. The fraction of sp³-hybridized carbons (Fsp3) is 0.500. The highest BCUT2D eigenvalue weighted by Crippen LogP contribution is 2.35. The smallest absolute Gasteiger partial charge is 0.244 e. The lowest BCUT2D eigenvalue weighted by Gasteiger charge is -2.14. The Morgan fingerprint density at radius 1 is 1.29 bits per heavy atom. The fourth-order valence-corrected chi connectivity index (χ4v) is 3.24. The summed E-state index contributed by atoms with van der Waals surface area (Å²) in [6.07, 6.45) is 0.551.